The van der Waals surface area contributed by atoms with Crippen molar-refractivity contribution in [3.63, 3.8) is 0 Å². The summed E-state index contributed by atoms with van der Waals surface area (Å²) in [5, 5.41) is 14.2. The molecule has 1 aliphatic carbocycles. The van der Waals surface area contributed by atoms with E-state index in [2.05, 4.69) is 10.3 Å². The number of nitrogens with zero attached hydrogens (tertiary/aromatic N) is 1. The van der Waals surface area contributed by atoms with Crippen molar-refractivity contribution in [3.05, 3.63) is 59.5 Å². The molecule has 3 aromatic rings. The summed E-state index contributed by atoms with van der Waals surface area (Å²) in [5.41, 5.74) is 2.16. The zero-order valence-electron chi connectivity index (χ0n) is 18.7. The number of aliphatic hydroxyl groups is 1. The van der Waals surface area contributed by atoms with Crippen molar-refractivity contribution in [2.45, 2.75) is 38.2 Å². The van der Waals surface area contributed by atoms with E-state index in [-0.39, 0.29) is 18.1 Å². The zero-order chi connectivity index (χ0) is 23.2. The molecule has 0 bridgehead atoms. The molecular weight excluding hydrogens is 409 g/mol. The fraction of sp³-hybridized carbons (Fsp3) is 0.360. The summed E-state index contributed by atoms with van der Waals surface area (Å²) in [5.74, 6) is -1.79. The van der Waals surface area contributed by atoms with Crippen LogP contribution in [-0.2, 0) is 15.2 Å². The second-order valence-corrected chi connectivity index (χ2v) is 9.25. The molecule has 1 aromatic heterocycles. The Morgan fingerprint density at radius 2 is 1.88 bits per heavy atom. The number of carbonyl (C=O) groups excluding carboxylic acids is 2. The fourth-order valence-corrected chi connectivity index (χ4v) is 4.48. The number of fused-ring (bicyclic) bond motifs is 1. The van der Waals surface area contributed by atoms with Crippen molar-refractivity contribution >= 4 is 34.0 Å². The molecule has 32 heavy (non-hydrogen) atoms. The molecule has 168 valence electrons. The largest absolute Gasteiger partial charge is 0.384 e. The molecule has 0 saturated heterocycles. The predicted octanol–water partition coefficient (Wildman–Crippen LogP) is 4.30. The Morgan fingerprint density at radius 1 is 1.19 bits per heavy atom. The van der Waals surface area contributed by atoms with Gasteiger partial charge in [-0.25, -0.2) is 4.39 Å². The molecule has 2 aromatic carbocycles. The maximum atomic E-state index is 14.0. The molecular formula is C25H28FN3O3. The fourth-order valence-electron chi connectivity index (χ4n) is 4.48. The SMILES string of the molecule is CN(C)c1ccc(NC(=O)C2CC(=O)C(c3c(C(C)(C)O)[nH]c4ccc(F)cc34)C2)cc1. The van der Waals surface area contributed by atoms with Gasteiger partial charge < -0.3 is 20.3 Å². The molecule has 0 radical (unpaired) electrons. The summed E-state index contributed by atoms with van der Waals surface area (Å²) in [6.07, 6.45) is 0.423. The lowest BCUT2D eigenvalue weighted by atomic mass is 9.88. The van der Waals surface area contributed by atoms with Gasteiger partial charge in [0.1, 0.15) is 11.6 Å². The summed E-state index contributed by atoms with van der Waals surface area (Å²) in [7, 11) is 3.88. The Kier molecular flexibility index (Phi) is 5.54. The summed E-state index contributed by atoms with van der Waals surface area (Å²) in [6.45, 7) is 3.25. The number of anilines is 2. The van der Waals surface area contributed by atoms with Crippen LogP contribution >= 0.6 is 0 Å². The van der Waals surface area contributed by atoms with E-state index in [0.717, 1.165) is 5.69 Å². The summed E-state index contributed by atoms with van der Waals surface area (Å²) in [4.78, 5) is 31.0. The lowest BCUT2D eigenvalue weighted by molar-refractivity contribution is -0.123. The Morgan fingerprint density at radius 3 is 2.50 bits per heavy atom. The molecule has 2 atom stereocenters. The van der Waals surface area contributed by atoms with Crippen molar-refractivity contribution in [1.82, 2.24) is 4.98 Å². The molecule has 2 unspecified atom stereocenters. The second kappa shape index (κ2) is 8.06. The van der Waals surface area contributed by atoms with E-state index < -0.39 is 23.3 Å². The van der Waals surface area contributed by atoms with Gasteiger partial charge in [0.15, 0.2) is 0 Å². The highest BCUT2D eigenvalue weighted by molar-refractivity contribution is 6.02. The van der Waals surface area contributed by atoms with Gasteiger partial charge in [-0.1, -0.05) is 0 Å². The Labute approximate surface area is 186 Å². The van der Waals surface area contributed by atoms with Crippen LogP contribution in [0, 0.1) is 11.7 Å². The molecule has 4 rings (SSSR count). The average molecular weight is 438 g/mol. The minimum Gasteiger partial charge on any atom is -0.384 e. The predicted molar refractivity (Wildman–Crippen MR) is 123 cm³/mol. The molecule has 1 amide bonds. The smallest absolute Gasteiger partial charge is 0.227 e. The zero-order valence-corrected chi connectivity index (χ0v) is 18.7. The van der Waals surface area contributed by atoms with Crippen molar-refractivity contribution in [1.29, 1.82) is 0 Å². The lowest BCUT2D eigenvalue weighted by Gasteiger charge is -2.21. The summed E-state index contributed by atoms with van der Waals surface area (Å²) < 4.78 is 14.0. The normalized spacial score (nSPS) is 18.9. The van der Waals surface area contributed by atoms with E-state index >= 15 is 0 Å². The van der Waals surface area contributed by atoms with Crippen LogP contribution in [0.4, 0.5) is 15.8 Å². The summed E-state index contributed by atoms with van der Waals surface area (Å²) >= 11 is 0. The van der Waals surface area contributed by atoms with E-state index in [1.54, 1.807) is 19.9 Å². The van der Waals surface area contributed by atoms with Crippen LogP contribution in [0.15, 0.2) is 42.5 Å². The first-order valence-corrected chi connectivity index (χ1v) is 10.7. The molecule has 1 saturated carbocycles. The topological polar surface area (TPSA) is 85.4 Å². The quantitative estimate of drug-likeness (QED) is 0.556. The highest BCUT2D eigenvalue weighted by Crippen LogP contribution is 2.43. The summed E-state index contributed by atoms with van der Waals surface area (Å²) in [6, 6.07) is 11.8. The molecule has 6 nitrogen and oxygen atoms in total. The number of hydrogen-bond donors (Lipinski definition) is 3. The number of aromatic amines is 1. The third kappa shape index (κ3) is 4.12. The minimum absolute atomic E-state index is 0.0798. The van der Waals surface area contributed by atoms with Crippen molar-refractivity contribution in [2.24, 2.45) is 5.92 Å². The van der Waals surface area contributed by atoms with E-state index in [1.807, 2.05) is 43.3 Å². The van der Waals surface area contributed by atoms with Gasteiger partial charge in [-0.3, -0.25) is 9.59 Å². The van der Waals surface area contributed by atoms with Gasteiger partial charge in [-0.05, 0) is 68.3 Å². The number of ketones is 1. The monoisotopic (exact) mass is 437 g/mol. The average Bonchev–Trinajstić information content (AvgIpc) is 3.28. The van der Waals surface area contributed by atoms with Crippen LogP contribution in [0.1, 0.15) is 43.9 Å². The van der Waals surface area contributed by atoms with Gasteiger partial charge in [-0.2, -0.15) is 0 Å². The molecule has 1 fully saturated rings. The van der Waals surface area contributed by atoms with E-state index in [1.165, 1.54) is 12.1 Å². The Hall–Kier alpha value is -3.19. The number of benzene rings is 2. The van der Waals surface area contributed by atoms with Crippen molar-refractivity contribution in [3.8, 4) is 0 Å². The Balaban J connectivity index is 1.60. The molecule has 0 aliphatic heterocycles. The van der Waals surface area contributed by atoms with Crippen LogP contribution in [-0.4, -0.2) is 35.9 Å². The van der Waals surface area contributed by atoms with E-state index in [9.17, 15) is 19.1 Å². The van der Waals surface area contributed by atoms with Gasteiger partial charge in [0.05, 0.1) is 11.3 Å². The van der Waals surface area contributed by atoms with Crippen LogP contribution in [0.3, 0.4) is 0 Å². The first kappa shape index (κ1) is 22.0. The molecule has 7 heteroatoms. The van der Waals surface area contributed by atoms with Gasteiger partial charge >= 0.3 is 0 Å². The lowest BCUT2D eigenvalue weighted by Crippen LogP contribution is -2.21. The highest BCUT2D eigenvalue weighted by Gasteiger charge is 2.41. The second-order valence-electron chi connectivity index (χ2n) is 9.25. The molecule has 1 heterocycles. The highest BCUT2D eigenvalue weighted by atomic mass is 19.1. The Bertz CT molecular complexity index is 1180. The van der Waals surface area contributed by atoms with Crippen molar-refractivity contribution in [2.75, 3.05) is 24.3 Å². The van der Waals surface area contributed by atoms with Crippen LogP contribution < -0.4 is 10.2 Å². The maximum absolute atomic E-state index is 14.0. The van der Waals surface area contributed by atoms with Gasteiger partial charge in [0.25, 0.3) is 0 Å². The standard InChI is InChI=1S/C25H28FN3O3/c1-25(2,32)23-22(18-13-15(26)5-10-20(18)28-23)19-11-14(12-21(19)30)24(31)27-16-6-8-17(9-7-16)29(3)4/h5-10,13-14,19,28,32H,11-12H2,1-4H3,(H,27,31). The number of halogens is 1. The third-order valence-corrected chi connectivity index (χ3v) is 6.14. The van der Waals surface area contributed by atoms with Gasteiger partial charge in [0.2, 0.25) is 5.91 Å². The number of H-pyrrole nitrogens is 1. The number of amides is 1. The van der Waals surface area contributed by atoms with Crippen LogP contribution in [0.5, 0.6) is 0 Å². The first-order chi connectivity index (χ1) is 15.0. The number of nitrogens with one attached hydrogen (secondary N) is 2. The van der Waals surface area contributed by atoms with E-state index in [0.29, 0.717) is 34.3 Å². The maximum Gasteiger partial charge on any atom is 0.227 e. The number of hydrogen-bond acceptors (Lipinski definition) is 4. The third-order valence-electron chi connectivity index (χ3n) is 6.14. The number of aromatic nitrogens is 1. The number of carbonyl (C=O) groups is 2. The van der Waals surface area contributed by atoms with E-state index in [4.69, 9.17) is 0 Å². The van der Waals surface area contributed by atoms with Crippen LogP contribution in [0.2, 0.25) is 0 Å². The van der Waals surface area contributed by atoms with Crippen LogP contribution in [0.25, 0.3) is 10.9 Å². The van der Waals surface area contributed by atoms with Gasteiger partial charge in [-0.15, -0.1) is 0 Å². The number of Topliss-reactive ketones (excluding diaryl/α,β-unsaturated/α-hetero) is 1. The minimum atomic E-state index is -1.25. The molecule has 1 aliphatic rings. The first-order valence-electron chi connectivity index (χ1n) is 10.7. The number of rotatable bonds is 5. The van der Waals surface area contributed by atoms with Gasteiger partial charge in [0, 0.05) is 54.6 Å². The molecule has 0 spiro atoms. The molecule has 3 N–H and O–H groups in total. The van der Waals surface area contributed by atoms with Crippen molar-refractivity contribution < 1.29 is 19.1 Å².